The monoisotopic (exact) mass is 814 g/mol. The van der Waals surface area contributed by atoms with Gasteiger partial charge in [0.2, 0.25) is 0 Å². The van der Waals surface area contributed by atoms with Crippen LogP contribution in [-0.2, 0) is 53.0 Å². The van der Waals surface area contributed by atoms with E-state index in [1.165, 1.54) is 0 Å². The molecule has 0 bridgehead atoms. The molecule has 2 unspecified atom stereocenters. The van der Waals surface area contributed by atoms with Crippen LogP contribution in [0.25, 0.3) is 0 Å². The molecule has 0 aliphatic heterocycles. The van der Waals surface area contributed by atoms with Gasteiger partial charge < -0.3 is 37.9 Å². The zero-order chi connectivity index (χ0) is 43.9. The van der Waals surface area contributed by atoms with Crippen LogP contribution in [0.3, 0.4) is 0 Å². The Morgan fingerprint density at radius 1 is 0.603 bits per heavy atom. The van der Waals surface area contributed by atoms with Crippen LogP contribution in [-0.4, -0.2) is 84.4 Å². The van der Waals surface area contributed by atoms with E-state index in [-0.39, 0.29) is 37.8 Å². The summed E-state index contributed by atoms with van der Waals surface area (Å²) >= 11 is 0. The van der Waals surface area contributed by atoms with E-state index in [2.05, 4.69) is 13.8 Å². The van der Waals surface area contributed by atoms with Crippen LogP contribution in [0.2, 0.25) is 0 Å². The van der Waals surface area contributed by atoms with Crippen LogP contribution in [0.5, 0.6) is 11.5 Å². The van der Waals surface area contributed by atoms with E-state index >= 15 is 0 Å². The molecule has 12 heteroatoms. The topological polar surface area (TPSA) is 142 Å². The molecular formula is C46H70O12. The Labute approximate surface area is 346 Å². The van der Waals surface area contributed by atoms with Gasteiger partial charge in [-0.05, 0) is 168 Å². The van der Waals surface area contributed by atoms with Gasteiger partial charge in [-0.3, -0.25) is 0 Å². The lowest BCUT2D eigenvalue weighted by molar-refractivity contribution is -0.175. The summed E-state index contributed by atoms with van der Waals surface area (Å²) in [7, 11) is 0. The fourth-order valence-electron chi connectivity index (χ4n) is 7.02. The molecule has 0 heterocycles. The first-order valence-corrected chi connectivity index (χ1v) is 20.4. The summed E-state index contributed by atoms with van der Waals surface area (Å²) in [5, 5.41) is 0. The Balaban J connectivity index is 1.79. The Kier molecular flexibility index (Phi) is 15.9. The summed E-state index contributed by atoms with van der Waals surface area (Å²) in [6.07, 6.45) is 9.01. The predicted octanol–water partition coefficient (Wildman–Crippen LogP) is 8.55. The molecule has 1 aromatic rings. The summed E-state index contributed by atoms with van der Waals surface area (Å²) in [5.41, 5.74) is -1.89. The average Bonchev–Trinajstić information content (AvgIpc) is 3.06. The second kappa shape index (κ2) is 19.0. The highest BCUT2D eigenvalue weighted by Crippen LogP contribution is 2.46. The number of benzene rings is 1. The number of allylic oxidation sites excluding steroid dienone is 2. The Hall–Kier alpha value is -3.90. The van der Waals surface area contributed by atoms with Crippen molar-refractivity contribution in [1.29, 1.82) is 0 Å². The third-order valence-corrected chi connectivity index (χ3v) is 9.68. The second-order valence-electron chi connectivity index (χ2n) is 20.1. The minimum atomic E-state index is -1.03. The molecule has 1 aromatic carbocycles. The highest BCUT2D eigenvalue weighted by atomic mass is 16.6. The van der Waals surface area contributed by atoms with Crippen molar-refractivity contribution < 1.29 is 57.1 Å². The lowest BCUT2D eigenvalue weighted by atomic mass is 9.64. The van der Waals surface area contributed by atoms with E-state index < -0.39 is 58.0 Å². The lowest BCUT2D eigenvalue weighted by Crippen LogP contribution is -2.45. The molecule has 0 saturated heterocycles. The van der Waals surface area contributed by atoms with Crippen molar-refractivity contribution in [3.63, 3.8) is 0 Å². The van der Waals surface area contributed by atoms with E-state index in [4.69, 9.17) is 37.9 Å². The average molecular weight is 815 g/mol. The maximum absolute atomic E-state index is 12.7. The van der Waals surface area contributed by atoms with E-state index in [9.17, 15) is 19.2 Å². The Bertz CT molecular complexity index is 1650. The van der Waals surface area contributed by atoms with Gasteiger partial charge in [-0.2, -0.15) is 0 Å². The fraction of sp³-hybridized carbons (Fsp3) is 0.696. The summed E-state index contributed by atoms with van der Waals surface area (Å²) in [6.45, 7) is 26.6. The highest BCUT2D eigenvalue weighted by molar-refractivity contribution is 5.73. The fourth-order valence-corrected chi connectivity index (χ4v) is 7.02. The molecule has 0 spiro atoms. The molecule has 1 fully saturated rings. The normalized spacial score (nSPS) is 21.7. The number of ether oxygens (including phenoxy) is 8. The van der Waals surface area contributed by atoms with Crippen LogP contribution in [0.15, 0.2) is 42.0 Å². The Morgan fingerprint density at radius 3 is 1.53 bits per heavy atom. The number of esters is 4. The SMILES string of the molecule is CC(C)(C)OC(=O)COc1ccc(C(C)(C)C2CCC(C3=CC(OCC(=O)OC(C)(C)C)C(C)(OCC(=O)OC(C)(C)C)C=C3)CC2)cc1OCC(=O)OC(C)(C)C. The molecule has 1 saturated carbocycles. The third-order valence-electron chi connectivity index (χ3n) is 9.68. The summed E-state index contributed by atoms with van der Waals surface area (Å²) in [6, 6.07) is 5.64. The molecular weight excluding hydrogens is 744 g/mol. The van der Waals surface area contributed by atoms with Gasteiger partial charge in [0.05, 0.1) is 0 Å². The van der Waals surface area contributed by atoms with Gasteiger partial charge in [-0.25, -0.2) is 19.2 Å². The van der Waals surface area contributed by atoms with Crippen LogP contribution in [0, 0.1) is 11.8 Å². The Morgan fingerprint density at radius 2 is 1.05 bits per heavy atom. The van der Waals surface area contributed by atoms with Crippen molar-refractivity contribution in [3.05, 3.63) is 47.6 Å². The number of hydrogen-bond acceptors (Lipinski definition) is 12. The van der Waals surface area contributed by atoms with Crippen molar-refractivity contribution in [2.45, 2.75) is 169 Å². The van der Waals surface area contributed by atoms with Gasteiger partial charge in [0.15, 0.2) is 24.7 Å². The molecule has 0 amide bonds. The predicted molar refractivity (Wildman–Crippen MR) is 221 cm³/mol. The molecule has 12 nitrogen and oxygen atoms in total. The third kappa shape index (κ3) is 16.0. The molecule has 2 aliphatic carbocycles. The number of hydrogen-bond donors (Lipinski definition) is 0. The summed E-state index contributed by atoms with van der Waals surface area (Å²) in [4.78, 5) is 50.3. The molecule has 3 rings (SSSR count). The van der Waals surface area contributed by atoms with Crippen LogP contribution in [0.1, 0.15) is 135 Å². The van der Waals surface area contributed by atoms with Gasteiger partial charge in [0.25, 0.3) is 0 Å². The first-order chi connectivity index (χ1) is 26.4. The van der Waals surface area contributed by atoms with Crippen molar-refractivity contribution in [3.8, 4) is 11.5 Å². The van der Waals surface area contributed by atoms with Crippen molar-refractivity contribution in [1.82, 2.24) is 0 Å². The van der Waals surface area contributed by atoms with E-state index in [1.807, 2.05) is 37.3 Å². The number of carbonyl (C=O) groups excluding carboxylic acids is 4. The molecule has 0 aromatic heterocycles. The summed E-state index contributed by atoms with van der Waals surface area (Å²) in [5.74, 6) is -0.822. The quantitative estimate of drug-likeness (QED) is 0.124. The molecule has 326 valence electrons. The molecule has 2 atom stereocenters. The first kappa shape index (κ1) is 48.5. The minimum Gasteiger partial charge on any atom is -0.478 e. The maximum Gasteiger partial charge on any atom is 0.344 e. The van der Waals surface area contributed by atoms with Gasteiger partial charge in [0.1, 0.15) is 47.3 Å². The number of rotatable bonds is 15. The minimum absolute atomic E-state index is 0.239. The molecule has 0 N–H and O–H groups in total. The van der Waals surface area contributed by atoms with Gasteiger partial charge in [0, 0.05) is 0 Å². The van der Waals surface area contributed by atoms with Crippen LogP contribution < -0.4 is 9.47 Å². The summed E-state index contributed by atoms with van der Waals surface area (Å²) < 4.78 is 46.0. The van der Waals surface area contributed by atoms with E-state index in [1.54, 1.807) is 89.2 Å². The van der Waals surface area contributed by atoms with E-state index in [0.717, 1.165) is 36.8 Å². The van der Waals surface area contributed by atoms with Crippen LogP contribution >= 0.6 is 0 Å². The van der Waals surface area contributed by atoms with Gasteiger partial charge in [-0.15, -0.1) is 0 Å². The maximum atomic E-state index is 12.7. The highest BCUT2D eigenvalue weighted by Gasteiger charge is 2.40. The zero-order valence-corrected chi connectivity index (χ0v) is 37.8. The van der Waals surface area contributed by atoms with Crippen molar-refractivity contribution in [2.24, 2.45) is 11.8 Å². The number of carbonyl (C=O) groups is 4. The van der Waals surface area contributed by atoms with E-state index in [0.29, 0.717) is 17.4 Å². The largest absolute Gasteiger partial charge is 0.478 e. The van der Waals surface area contributed by atoms with Crippen LogP contribution in [0.4, 0.5) is 0 Å². The first-order valence-electron chi connectivity index (χ1n) is 20.4. The van der Waals surface area contributed by atoms with Gasteiger partial charge >= 0.3 is 23.9 Å². The zero-order valence-electron chi connectivity index (χ0n) is 37.8. The lowest BCUT2D eigenvalue weighted by Gasteiger charge is -2.42. The van der Waals surface area contributed by atoms with Crippen molar-refractivity contribution >= 4 is 23.9 Å². The molecule has 58 heavy (non-hydrogen) atoms. The standard InChI is InChI=1S/C46H70O12/c1-41(2,3)55-37(47)26-51-34-21-20-33(25-35(34)52-27-38(48)56-42(4,5)6)45(13,14)32-18-16-30(17-19-32)31-22-23-46(15,54-29-40(50)58-44(10,11)12)36(24-31)53-28-39(49)57-43(7,8)9/h20-25,30,32,36H,16-19,26-29H2,1-15H3. The van der Waals surface area contributed by atoms with Gasteiger partial charge in [-0.1, -0.05) is 26.0 Å². The molecule has 0 radical (unpaired) electrons. The second-order valence-corrected chi connectivity index (χ2v) is 20.1. The molecule has 2 aliphatic rings. The smallest absolute Gasteiger partial charge is 0.344 e. The van der Waals surface area contributed by atoms with Crippen molar-refractivity contribution in [2.75, 3.05) is 26.4 Å².